The highest BCUT2D eigenvalue weighted by Crippen LogP contribution is 2.29. The number of aliphatic hydroxyl groups excluding tert-OH is 1. The van der Waals surface area contributed by atoms with E-state index in [2.05, 4.69) is 11.3 Å². The van der Waals surface area contributed by atoms with E-state index in [9.17, 15) is 9.90 Å². The second-order valence-electron chi connectivity index (χ2n) is 2.64. The second kappa shape index (κ2) is 4.42. The smallest absolute Gasteiger partial charge is 0.335 e. The molecule has 1 N–H and O–H groups in total. The third-order valence-electron chi connectivity index (χ3n) is 1.78. The monoisotopic (exact) mass is 179 g/mol. The van der Waals surface area contributed by atoms with Crippen molar-refractivity contribution < 1.29 is 14.6 Å². The largest absolute Gasteiger partial charge is 0.466 e. The fraction of sp³-hybridized carbons (Fsp3) is 0.200. The van der Waals surface area contributed by atoms with Gasteiger partial charge >= 0.3 is 5.97 Å². The zero-order valence-corrected chi connectivity index (χ0v) is 7.36. The molecule has 0 saturated heterocycles. The molecular weight excluding hydrogens is 168 g/mol. The molecule has 3 heteroatoms. The maximum absolute atomic E-state index is 11.0. The highest BCUT2D eigenvalue weighted by molar-refractivity contribution is 5.89. The van der Waals surface area contributed by atoms with Gasteiger partial charge in [0.05, 0.1) is 18.8 Å². The number of ether oxygens (including phenoxy) is 1. The molecule has 1 aliphatic rings. The Morgan fingerprint density at radius 3 is 2.54 bits per heavy atom. The quantitative estimate of drug-likeness (QED) is 0.506. The van der Waals surface area contributed by atoms with E-state index in [1.807, 2.05) is 0 Å². The van der Waals surface area contributed by atoms with Gasteiger partial charge in [-0.15, -0.1) is 0 Å². The first-order chi connectivity index (χ1) is 6.16. The van der Waals surface area contributed by atoms with Crippen LogP contribution in [-0.4, -0.2) is 24.3 Å². The summed E-state index contributed by atoms with van der Waals surface area (Å²) in [6.07, 6.45) is 6.03. The Morgan fingerprint density at radius 1 is 1.54 bits per heavy atom. The van der Waals surface area contributed by atoms with Gasteiger partial charge in [-0.05, 0) is 25.7 Å². The third-order valence-corrected chi connectivity index (χ3v) is 1.78. The summed E-state index contributed by atoms with van der Waals surface area (Å²) in [5.74, 6) is 0.0594. The van der Waals surface area contributed by atoms with E-state index in [0.29, 0.717) is 5.92 Å². The lowest BCUT2D eigenvalue weighted by molar-refractivity contribution is -0.137. The number of carbonyl (C=O) groups is 1. The topological polar surface area (TPSA) is 46.5 Å². The first-order valence-electron chi connectivity index (χ1n) is 3.83. The summed E-state index contributed by atoms with van der Waals surface area (Å²) in [6.45, 7) is 3.46. The number of hydrogen-bond donors (Lipinski definition) is 1. The van der Waals surface area contributed by atoms with Crippen LogP contribution in [-0.2, 0) is 9.53 Å². The average Bonchev–Trinajstić information content (AvgIpc) is 2.67. The zero-order valence-electron chi connectivity index (χ0n) is 7.36. The van der Waals surface area contributed by atoms with Gasteiger partial charge in [-0.1, -0.05) is 6.58 Å². The van der Waals surface area contributed by atoms with Crippen LogP contribution in [0.1, 0.15) is 0 Å². The summed E-state index contributed by atoms with van der Waals surface area (Å²) < 4.78 is 4.43. The van der Waals surface area contributed by atoms with Crippen molar-refractivity contribution in [3.8, 4) is 0 Å². The van der Waals surface area contributed by atoms with E-state index < -0.39 is 12.1 Å². The van der Waals surface area contributed by atoms with Gasteiger partial charge in [-0.2, -0.15) is 0 Å². The van der Waals surface area contributed by atoms with Crippen LogP contribution in [0.25, 0.3) is 0 Å². The van der Waals surface area contributed by atoms with Crippen molar-refractivity contribution in [3.63, 3.8) is 0 Å². The highest BCUT2D eigenvalue weighted by Gasteiger charge is 2.29. The molecule has 1 unspecified atom stereocenters. The maximum atomic E-state index is 11.0. The maximum Gasteiger partial charge on any atom is 0.335 e. The fourth-order valence-electron chi connectivity index (χ4n) is 1.02. The van der Waals surface area contributed by atoms with Crippen LogP contribution >= 0.6 is 0 Å². The summed E-state index contributed by atoms with van der Waals surface area (Å²) in [6, 6.07) is 0. The minimum Gasteiger partial charge on any atom is -0.466 e. The van der Waals surface area contributed by atoms with E-state index in [1.165, 1.54) is 7.11 Å². The predicted octanol–water partition coefficient (Wildman–Crippen LogP) is 0.482. The van der Waals surface area contributed by atoms with E-state index in [0.717, 1.165) is 0 Å². The summed E-state index contributed by atoms with van der Waals surface area (Å²) in [7, 11) is 1.26. The Bertz CT molecular complexity index is 204. The number of carbonyl (C=O) groups excluding carboxylic acids is 1. The SMILES string of the molecule is C=C(C(=O)OC)C(O)[C]1[CH][CH][CH][CH]1. The molecule has 13 heavy (non-hydrogen) atoms. The van der Waals surface area contributed by atoms with Gasteiger partial charge in [0, 0.05) is 5.92 Å². The lowest BCUT2D eigenvalue weighted by atomic mass is 9.95. The predicted molar refractivity (Wildman–Crippen MR) is 47.6 cm³/mol. The molecule has 0 heterocycles. The van der Waals surface area contributed by atoms with Crippen LogP contribution in [0.5, 0.6) is 0 Å². The molecule has 1 saturated carbocycles. The van der Waals surface area contributed by atoms with Gasteiger partial charge in [0.2, 0.25) is 0 Å². The van der Waals surface area contributed by atoms with Gasteiger partial charge in [-0.3, -0.25) is 0 Å². The number of rotatable bonds is 3. The van der Waals surface area contributed by atoms with E-state index >= 15 is 0 Å². The van der Waals surface area contributed by atoms with Crippen molar-refractivity contribution in [1.29, 1.82) is 0 Å². The average molecular weight is 179 g/mol. The van der Waals surface area contributed by atoms with Gasteiger partial charge in [-0.25, -0.2) is 4.79 Å². The van der Waals surface area contributed by atoms with Gasteiger partial charge in [0.25, 0.3) is 0 Å². The second-order valence-corrected chi connectivity index (χ2v) is 2.64. The number of aliphatic hydroxyl groups is 1. The molecule has 5 radical (unpaired) electrons. The van der Waals surface area contributed by atoms with Crippen molar-refractivity contribution in [2.75, 3.05) is 7.11 Å². The van der Waals surface area contributed by atoms with Crippen LogP contribution in [0.3, 0.4) is 0 Å². The zero-order chi connectivity index (χ0) is 9.84. The molecule has 69 valence electrons. The molecule has 0 amide bonds. The van der Waals surface area contributed by atoms with E-state index in [4.69, 9.17) is 0 Å². The third kappa shape index (κ3) is 2.31. The van der Waals surface area contributed by atoms with Gasteiger partial charge in [0.15, 0.2) is 0 Å². The van der Waals surface area contributed by atoms with Crippen molar-refractivity contribution in [2.24, 2.45) is 0 Å². The van der Waals surface area contributed by atoms with Crippen molar-refractivity contribution in [2.45, 2.75) is 6.10 Å². The first-order valence-corrected chi connectivity index (χ1v) is 3.83. The van der Waals surface area contributed by atoms with Crippen LogP contribution in [0.15, 0.2) is 12.2 Å². The molecule has 0 aromatic carbocycles. The summed E-state index contributed by atoms with van der Waals surface area (Å²) in [4.78, 5) is 11.0. The number of esters is 1. The fourth-order valence-corrected chi connectivity index (χ4v) is 1.02. The summed E-state index contributed by atoms with van der Waals surface area (Å²) in [5, 5.41) is 9.58. The standard InChI is InChI=1S/C10H11O3/c1-7(10(12)13-2)9(11)8-5-3-4-6-8/h3-6,9,11H,1H2,2H3. The summed E-state index contributed by atoms with van der Waals surface area (Å²) in [5.41, 5.74) is 0.0497. The molecule has 1 rings (SSSR count). The Labute approximate surface area is 78.4 Å². The molecular formula is C10H11O3. The Morgan fingerprint density at radius 2 is 2.08 bits per heavy atom. The normalized spacial score (nSPS) is 19.8. The van der Waals surface area contributed by atoms with Crippen LogP contribution in [0, 0.1) is 31.6 Å². The molecule has 0 bridgehead atoms. The van der Waals surface area contributed by atoms with E-state index in [-0.39, 0.29) is 5.57 Å². The molecule has 3 nitrogen and oxygen atoms in total. The Balaban J connectivity index is 2.50. The van der Waals surface area contributed by atoms with Crippen LogP contribution in [0.2, 0.25) is 0 Å². The number of hydrogen-bond acceptors (Lipinski definition) is 3. The van der Waals surface area contributed by atoms with Gasteiger partial charge in [0.1, 0.15) is 0 Å². The molecule has 0 aromatic rings. The van der Waals surface area contributed by atoms with Gasteiger partial charge < -0.3 is 9.84 Å². The molecule has 1 atom stereocenters. The molecule has 1 fully saturated rings. The van der Waals surface area contributed by atoms with Crippen molar-refractivity contribution in [3.05, 3.63) is 43.8 Å². The van der Waals surface area contributed by atoms with Crippen LogP contribution in [0.4, 0.5) is 0 Å². The lowest BCUT2D eigenvalue weighted by Crippen LogP contribution is -2.24. The number of methoxy groups -OCH3 is 1. The summed E-state index contributed by atoms with van der Waals surface area (Å²) >= 11 is 0. The first kappa shape index (κ1) is 10.3. The molecule has 0 aliphatic heterocycles. The minimum absolute atomic E-state index is 0.0497. The van der Waals surface area contributed by atoms with Crippen LogP contribution < -0.4 is 0 Å². The minimum atomic E-state index is -0.970. The molecule has 1 aliphatic carbocycles. The Kier molecular flexibility index (Phi) is 3.48. The lowest BCUT2D eigenvalue weighted by Gasteiger charge is -2.16. The van der Waals surface area contributed by atoms with Crippen molar-refractivity contribution in [1.82, 2.24) is 0 Å². The molecule has 0 aromatic heterocycles. The van der Waals surface area contributed by atoms with Crippen molar-refractivity contribution >= 4 is 5.97 Å². The van der Waals surface area contributed by atoms with E-state index in [1.54, 1.807) is 25.7 Å². The molecule has 0 spiro atoms. The highest BCUT2D eigenvalue weighted by atomic mass is 16.5. The Hall–Kier alpha value is -0.830.